The fourth-order valence-electron chi connectivity index (χ4n) is 2.33. The summed E-state index contributed by atoms with van der Waals surface area (Å²) in [6, 6.07) is 7.79. The Labute approximate surface area is 183 Å². The molecule has 139 valence electrons. The Morgan fingerprint density at radius 1 is 1.23 bits per heavy atom. The normalized spacial score (nSPS) is 8.69. The number of aromatic nitrogens is 2. The SMILES string of the molecule is CC.CC#CCOc1c(CC)nn(C)c(=O)c1-c1ccccc1C.[CH3-].[Y]. The number of nitrogens with zero attached hydrogens (tertiary/aromatic N) is 2. The number of ether oxygens (including phenoxy) is 1. The van der Waals surface area contributed by atoms with E-state index in [2.05, 4.69) is 16.9 Å². The van der Waals surface area contributed by atoms with Crippen LogP contribution < -0.4 is 10.3 Å². The second-order valence-electron chi connectivity index (χ2n) is 4.96. The van der Waals surface area contributed by atoms with Crippen molar-refractivity contribution in [2.45, 2.75) is 41.0 Å². The van der Waals surface area contributed by atoms with Crippen molar-refractivity contribution in [3.05, 3.63) is 53.3 Å². The summed E-state index contributed by atoms with van der Waals surface area (Å²) in [5.74, 6) is 6.20. The summed E-state index contributed by atoms with van der Waals surface area (Å²) in [6.45, 7) is 9.98. The van der Waals surface area contributed by atoms with Gasteiger partial charge in [0.15, 0.2) is 5.75 Å². The van der Waals surface area contributed by atoms with Gasteiger partial charge in [-0.25, -0.2) is 4.68 Å². The number of benzene rings is 1. The fraction of sp³-hybridized carbons (Fsp3) is 0.381. The standard InChI is InChI=1S/C18H20N2O2.C2H6.CH3.Y/c1-5-7-12-22-17-15(6-2)19-20(4)18(21)16(17)14-11-9-8-10-13(14)3;1-2;;/h8-11H,6,12H2,1-4H3;1-2H3;1H3;/q;;-1;. The maximum Gasteiger partial charge on any atom is 0.278 e. The maximum absolute atomic E-state index is 12.6. The van der Waals surface area contributed by atoms with Gasteiger partial charge in [-0.1, -0.05) is 51.0 Å². The van der Waals surface area contributed by atoms with Gasteiger partial charge < -0.3 is 12.2 Å². The Balaban J connectivity index is 0. The summed E-state index contributed by atoms with van der Waals surface area (Å²) in [5, 5.41) is 4.32. The van der Waals surface area contributed by atoms with E-state index in [9.17, 15) is 4.79 Å². The molecule has 26 heavy (non-hydrogen) atoms. The topological polar surface area (TPSA) is 44.1 Å². The predicted molar refractivity (Wildman–Crippen MR) is 106 cm³/mol. The van der Waals surface area contributed by atoms with E-state index in [0.29, 0.717) is 17.7 Å². The van der Waals surface area contributed by atoms with Crippen LogP contribution in [0.25, 0.3) is 11.1 Å². The maximum atomic E-state index is 12.6. The van der Waals surface area contributed by atoms with E-state index >= 15 is 0 Å². The van der Waals surface area contributed by atoms with Crippen molar-refractivity contribution in [2.24, 2.45) is 7.05 Å². The fourth-order valence-corrected chi connectivity index (χ4v) is 2.33. The van der Waals surface area contributed by atoms with Crippen LogP contribution in [0.2, 0.25) is 0 Å². The van der Waals surface area contributed by atoms with Gasteiger partial charge in [0.25, 0.3) is 5.56 Å². The van der Waals surface area contributed by atoms with Crippen LogP contribution in [0.4, 0.5) is 0 Å². The molecule has 0 aliphatic rings. The van der Waals surface area contributed by atoms with E-state index in [1.54, 1.807) is 14.0 Å². The van der Waals surface area contributed by atoms with E-state index in [-0.39, 0.29) is 52.3 Å². The zero-order valence-corrected chi connectivity index (χ0v) is 19.9. The number of aryl methyl sites for hydroxylation is 3. The smallest absolute Gasteiger partial charge is 0.278 e. The first-order valence-corrected chi connectivity index (χ1v) is 8.28. The van der Waals surface area contributed by atoms with Gasteiger partial charge in [0, 0.05) is 39.8 Å². The van der Waals surface area contributed by atoms with E-state index < -0.39 is 0 Å². The average molecular weight is 430 g/mol. The molecule has 0 aliphatic carbocycles. The zero-order valence-electron chi connectivity index (χ0n) is 17.0. The van der Waals surface area contributed by atoms with Crippen molar-refractivity contribution < 1.29 is 37.4 Å². The van der Waals surface area contributed by atoms with Crippen LogP contribution in [0.15, 0.2) is 29.1 Å². The summed E-state index contributed by atoms with van der Waals surface area (Å²) in [6.07, 6.45) is 0.682. The van der Waals surface area contributed by atoms with Gasteiger partial charge in [0.2, 0.25) is 0 Å². The van der Waals surface area contributed by atoms with Crippen molar-refractivity contribution in [2.75, 3.05) is 6.61 Å². The first-order chi connectivity index (χ1) is 11.6. The summed E-state index contributed by atoms with van der Waals surface area (Å²) in [4.78, 5) is 12.6. The molecular formula is C21H29N2O2Y-. The van der Waals surface area contributed by atoms with E-state index in [1.165, 1.54) is 4.68 Å². The van der Waals surface area contributed by atoms with Crippen molar-refractivity contribution in [3.63, 3.8) is 0 Å². The molecular weight excluding hydrogens is 401 g/mol. The molecule has 4 nitrogen and oxygen atoms in total. The minimum atomic E-state index is -0.161. The third kappa shape index (κ3) is 6.38. The quantitative estimate of drug-likeness (QED) is 0.540. The molecule has 0 bridgehead atoms. The van der Waals surface area contributed by atoms with Gasteiger partial charge >= 0.3 is 0 Å². The molecule has 2 aromatic rings. The second-order valence-corrected chi connectivity index (χ2v) is 4.96. The molecule has 5 heteroatoms. The number of hydrogen-bond donors (Lipinski definition) is 0. The molecule has 0 saturated heterocycles. The van der Waals surface area contributed by atoms with Crippen LogP contribution in [0.3, 0.4) is 0 Å². The Morgan fingerprint density at radius 3 is 2.38 bits per heavy atom. The minimum Gasteiger partial charge on any atom is -0.478 e. The Kier molecular flexibility index (Phi) is 14.1. The summed E-state index contributed by atoms with van der Waals surface area (Å²) >= 11 is 0. The monoisotopic (exact) mass is 430 g/mol. The van der Waals surface area contributed by atoms with Crippen molar-refractivity contribution in [1.29, 1.82) is 0 Å². The molecule has 1 heterocycles. The van der Waals surface area contributed by atoms with Crippen LogP contribution >= 0.6 is 0 Å². The molecule has 0 aliphatic heterocycles. The Bertz CT molecular complexity index is 802. The van der Waals surface area contributed by atoms with Gasteiger partial charge in [-0.15, -0.1) is 5.92 Å². The average Bonchev–Trinajstić information content (AvgIpc) is 2.61. The van der Waals surface area contributed by atoms with Gasteiger partial charge in [-0.3, -0.25) is 4.79 Å². The molecule has 2 rings (SSSR count). The summed E-state index contributed by atoms with van der Waals surface area (Å²) in [7, 11) is 1.67. The second kappa shape index (κ2) is 13.7. The number of hydrogen-bond acceptors (Lipinski definition) is 3. The molecule has 0 fully saturated rings. The van der Waals surface area contributed by atoms with Crippen LogP contribution in [0.1, 0.15) is 39.0 Å². The van der Waals surface area contributed by atoms with E-state index in [0.717, 1.165) is 16.8 Å². The van der Waals surface area contributed by atoms with E-state index in [4.69, 9.17) is 4.74 Å². The van der Waals surface area contributed by atoms with Crippen LogP contribution in [-0.4, -0.2) is 16.4 Å². The molecule has 0 amide bonds. The first-order valence-electron chi connectivity index (χ1n) is 8.28. The predicted octanol–water partition coefficient (Wildman–Crippen LogP) is 4.19. The first kappa shape index (κ1) is 26.8. The Hall–Kier alpha value is -1.44. The van der Waals surface area contributed by atoms with Crippen molar-refractivity contribution in [3.8, 4) is 28.7 Å². The van der Waals surface area contributed by atoms with Crippen LogP contribution in [0.5, 0.6) is 5.75 Å². The molecule has 0 spiro atoms. The number of rotatable bonds is 4. The zero-order chi connectivity index (χ0) is 18.1. The third-order valence-electron chi connectivity index (χ3n) is 3.48. The van der Waals surface area contributed by atoms with Gasteiger partial charge in [0.1, 0.15) is 12.3 Å². The largest absolute Gasteiger partial charge is 0.478 e. The molecule has 1 aromatic carbocycles. The molecule has 0 unspecified atom stereocenters. The molecule has 0 N–H and O–H groups in total. The molecule has 1 aromatic heterocycles. The van der Waals surface area contributed by atoms with Gasteiger partial charge in [0.05, 0.1) is 5.56 Å². The Morgan fingerprint density at radius 2 is 1.85 bits per heavy atom. The van der Waals surface area contributed by atoms with Gasteiger partial charge in [-0.05, 0) is 31.4 Å². The van der Waals surface area contributed by atoms with Gasteiger partial charge in [-0.2, -0.15) is 5.10 Å². The van der Waals surface area contributed by atoms with E-state index in [1.807, 2.05) is 52.0 Å². The van der Waals surface area contributed by atoms with Crippen LogP contribution in [-0.2, 0) is 46.2 Å². The molecule has 0 saturated carbocycles. The summed E-state index contributed by atoms with van der Waals surface area (Å²) in [5.41, 5.74) is 3.06. The minimum absolute atomic E-state index is 0. The summed E-state index contributed by atoms with van der Waals surface area (Å²) < 4.78 is 7.17. The molecule has 0 atom stereocenters. The van der Waals surface area contributed by atoms with Crippen LogP contribution in [0, 0.1) is 26.2 Å². The van der Waals surface area contributed by atoms with Crippen molar-refractivity contribution >= 4 is 0 Å². The third-order valence-corrected chi connectivity index (χ3v) is 3.48. The molecule has 1 radical (unpaired) electrons. The van der Waals surface area contributed by atoms with Crippen molar-refractivity contribution in [1.82, 2.24) is 9.78 Å².